The van der Waals surface area contributed by atoms with Gasteiger partial charge in [0.2, 0.25) is 15.9 Å². The first-order valence-corrected chi connectivity index (χ1v) is 10.5. The summed E-state index contributed by atoms with van der Waals surface area (Å²) < 4.78 is 25.1. The van der Waals surface area contributed by atoms with Crippen molar-refractivity contribution in [3.05, 3.63) is 64.7 Å². The molecule has 0 N–H and O–H groups in total. The molecule has 3 rings (SSSR count). The van der Waals surface area contributed by atoms with E-state index in [0.29, 0.717) is 17.4 Å². The molecular formula is C19H19ClN2O4S. The number of rotatable bonds is 5. The first-order valence-electron chi connectivity index (χ1n) is 8.52. The Balaban J connectivity index is 1.93. The molecule has 1 aliphatic heterocycles. The van der Waals surface area contributed by atoms with Gasteiger partial charge in [0.1, 0.15) is 0 Å². The molecule has 1 aliphatic rings. The summed E-state index contributed by atoms with van der Waals surface area (Å²) in [6, 6.07) is 13.9. The second kappa shape index (κ2) is 7.70. The van der Waals surface area contributed by atoms with Crippen molar-refractivity contribution < 1.29 is 18.0 Å². The van der Waals surface area contributed by atoms with Gasteiger partial charge in [-0.1, -0.05) is 41.9 Å². The van der Waals surface area contributed by atoms with Crippen molar-refractivity contribution in [3.63, 3.8) is 0 Å². The number of hydrogen-bond acceptors (Lipinski definition) is 4. The number of sulfonamides is 1. The third kappa shape index (κ3) is 3.99. The molecule has 1 saturated heterocycles. The van der Waals surface area contributed by atoms with Gasteiger partial charge in [0, 0.05) is 25.1 Å². The summed E-state index contributed by atoms with van der Waals surface area (Å²) in [4.78, 5) is 26.6. The molecule has 0 spiro atoms. The molecule has 27 heavy (non-hydrogen) atoms. The molecule has 2 amide bonds. The Morgan fingerprint density at radius 3 is 2.48 bits per heavy atom. The van der Waals surface area contributed by atoms with Gasteiger partial charge in [0.15, 0.2) is 0 Å². The van der Waals surface area contributed by atoms with Gasteiger partial charge < -0.3 is 4.90 Å². The van der Waals surface area contributed by atoms with Crippen LogP contribution in [0.4, 0.5) is 5.69 Å². The molecule has 0 bridgehead atoms. The second-order valence-corrected chi connectivity index (χ2v) is 8.54. The van der Waals surface area contributed by atoms with E-state index >= 15 is 0 Å². The zero-order chi connectivity index (χ0) is 19.6. The van der Waals surface area contributed by atoms with Gasteiger partial charge in [-0.3, -0.25) is 9.59 Å². The summed E-state index contributed by atoms with van der Waals surface area (Å²) in [5.74, 6) is -1.06. The molecule has 8 heteroatoms. The van der Waals surface area contributed by atoms with Crippen LogP contribution in [0.2, 0.25) is 5.02 Å². The molecule has 1 heterocycles. The zero-order valence-corrected chi connectivity index (χ0v) is 16.3. The number of benzene rings is 2. The van der Waals surface area contributed by atoms with Crippen molar-refractivity contribution in [1.82, 2.24) is 4.90 Å². The minimum absolute atomic E-state index is 0.0285. The predicted octanol–water partition coefficient (Wildman–Crippen LogP) is 3.07. The van der Waals surface area contributed by atoms with Crippen molar-refractivity contribution in [2.45, 2.75) is 19.9 Å². The molecule has 1 fully saturated rings. The van der Waals surface area contributed by atoms with E-state index in [1.54, 1.807) is 4.90 Å². The summed E-state index contributed by atoms with van der Waals surface area (Å²) in [7, 11) is -3.75. The van der Waals surface area contributed by atoms with E-state index in [4.69, 9.17) is 11.6 Å². The van der Waals surface area contributed by atoms with E-state index in [1.807, 2.05) is 37.3 Å². The quantitative estimate of drug-likeness (QED) is 0.764. The highest BCUT2D eigenvalue weighted by Gasteiger charge is 2.37. The Labute approximate surface area is 163 Å². The van der Waals surface area contributed by atoms with E-state index in [-0.39, 0.29) is 34.4 Å². The van der Waals surface area contributed by atoms with Crippen LogP contribution in [0.5, 0.6) is 0 Å². The van der Waals surface area contributed by atoms with Crippen LogP contribution in [0.15, 0.2) is 48.5 Å². The predicted molar refractivity (Wildman–Crippen MR) is 104 cm³/mol. The first kappa shape index (κ1) is 19.4. The van der Waals surface area contributed by atoms with Crippen LogP contribution in [-0.2, 0) is 21.4 Å². The van der Waals surface area contributed by atoms with Crippen LogP contribution in [0.1, 0.15) is 29.3 Å². The van der Waals surface area contributed by atoms with E-state index in [1.165, 1.54) is 18.2 Å². The van der Waals surface area contributed by atoms with Crippen LogP contribution in [0.25, 0.3) is 0 Å². The number of anilines is 1. The fourth-order valence-corrected chi connectivity index (χ4v) is 4.68. The third-order valence-corrected chi connectivity index (χ3v) is 6.37. The number of nitrogens with zero attached hydrogens (tertiary/aromatic N) is 2. The molecule has 0 unspecified atom stereocenters. The maximum absolute atomic E-state index is 12.9. The average molecular weight is 407 g/mol. The molecule has 6 nitrogen and oxygen atoms in total. The monoisotopic (exact) mass is 406 g/mol. The highest BCUT2D eigenvalue weighted by Crippen LogP contribution is 2.33. The minimum atomic E-state index is -3.75. The SMILES string of the molecule is CCN(Cc1ccccc1)C(=O)c1ccc(Cl)c(N2C(=O)CCS2(=O)=O)c1. The lowest BCUT2D eigenvalue weighted by atomic mass is 10.1. The van der Waals surface area contributed by atoms with Crippen LogP contribution in [-0.4, -0.2) is 37.4 Å². The van der Waals surface area contributed by atoms with Crippen molar-refractivity contribution in [1.29, 1.82) is 0 Å². The molecule has 0 atom stereocenters. The lowest BCUT2D eigenvalue weighted by Gasteiger charge is -2.22. The molecule has 0 radical (unpaired) electrons. The Bertz CT molecular complexity index is 976. The maximum atomic E-state index is 12.9. The molecule has 0 saturated carbocycles. The van der Waals surface area contributed by atoms with Crippen LogP contribution >= 0.6 is 11.6 Å². The van der Waals surface area contributed by atoms with Gasteiger partial charge in [-0.2, -0.15) is 0 Å². The number of halogens is 1. The van der Waals surface area contributed by atoms with Crippen LogP contribution in [0, 0.1) is 0 Å². The van der Waals surface area contributed by atoms with E-state index in [9.17, 15) is 18.0 Å². The molecule has 142 valence electrons. The molecule has 2 aromatic carbocycles. The van der Waals surface area contributed by atoms with Crippen LogP contribution < -0.4 is 4.31 Å². The highest BCUT2D eigenvalue weighted by atomic mass is 35.5. The lowest BCUT2D eigenvalue weighted by Crippen LogP contribution is -2.32. The number of carbonyl (C=O) groups excluding carboxylic acids is 2. The summed E-state index contributed by atoms with van der Waals surface area (Å²) in [6.45, 7) is 2.77. The fraction of sp³-hybridized carbons (Fsp3) is 0.263. The molecule has 0 aliphatic carbocycles. The standard InChI is InChI=1S/C19H19ClN2O4S/c1-2-21(13-14-6-4-3-5-7-14)19(24)15-8-9-16(20)17(12-15)22-18(23)10-11-27(22,25)26/h3-9,12H,2,10-11,13H2,1H3. The van der Waals surface area contributed by atoms with Crippen molar-refractivity contribution in [2.75, 3.05) is 16.6 Å². The Morgan fingerprint density at radius 1 is 1.19 bits per heavy atom. The summed E-state index contributed by atoms with van der Waals surface area (Å²) >= 11 is 6.13. The van der Waals surface area contributed by atoms with Crippen molar-refractivity contribution >= 4 is 39.1 Å². The second-order valence-electron chi connectivity index (χ2n) is 6.20. The van der Waals surface area contributed by atoms with Crippen LogP contribution in [0.3, 0.4) is 0 Å². The fourth-order valence-electron chi connectivity index (χ4n) is 2.96. The summed E-state index contributed by atoms with van der Waals surface area (Å²) in [5.41, 5.74) is 1.29. The van der Waals surface area contributed by atoms with Gasteiger partial charge in [0.05, 0.1) is 16.5 Å². The molecular weight excluding hydrogens is 388 g/mol. The van der Waals surface area contributed by atoms with Gasteiger partial charge in [-0.05, 0) is 30.7 Å². The number of hydrogen-bond donors (Lipinski definition) is 0. The van der Waals surface area contributed by atoms with Gasteiger partial charge in [-0.25, -0.2) is 12.7 Å². The van der Waals surface area contributed by atoms with E-state index in [0.717, 1.165) is 5.56 Å². The van der Waals surface area contributed by atoms with Gasteiger partial charge >= 0.3 is 0 Å². The normalized spacial score (nSPS) is 15.8. The molecule has 2 aromatic rings. The average Bonchev–Trinajstić information content (AvgIpc) is 2.93. The van der Waals surface area contributed by atoms with Gasteiger partial charge in [-0.15, -0.1) is 0 Å². The minimum Gasteiger partial charge on any atom is -0.335 e. The highest BCUT2D eigenvalue weighted by molar-refractivity contribution is 7.94. The Morgan fingerprint density at radius 2 is 1.89 bits per heavy atom. The smallest absolute Gasteiger partial charge is 0.254 e. The van der Waals surface area contributed by atoms with Gasteiger partial charge in [0.25, 0.3) is 5.91 Å². The van der Waals surface area contributed by atoms with E-state index in [2.05, 4.69) is 0 Å². The van der Waals surface area contributed by atoms with Crippen molar-refractivity contribution in [3.8, 4) is 0 Å². The third-order valence-electron chi connectivity index (χ3n) is 4.38. The number of carbonyl (C=O) groups is 2. The topological polar surface area (TPSA) is 74.8 Å². The summed E-state index contributed by atoms with van der Waals surface area (Å²) in [6.07, 6.45) is -0.0913. The maximum Gasteiger partial charge on any atom is 0.254 e. The summed E-state index contributed by atoms with van der Waals surface area (Å²) in [5, 5.41) is 0.108. The number of amides is 2. The Hall–Kier alpha value is -2.38. The Kier molecular flexibility index (Phi) is 5.53. The molecule has 0 aromatic heterocycles. The zero-order valence-electron chi connectivity index (χ0n) is 14.8. The first-order chi connectivity index (χ1) is 12.8. The van der Waals surface area contributed by atoms with E-state index < -0.39 is 15.9 Å². The lowest BCUT2D eigenvalue weighted by molar-refractivity contribution is -0.116. The largest absolute Gasteiger partial charge is 0.335 e. The van der Waals surface area contributed by atoms with Crippen molar-refractivity contribution in [2.24, 2.45) is 0 Å².